The number of benzene rings is 9. The molecule has 1 nitrogen and oxygen atoms in total. The third-order valence-electron chi connectivity index (χ3n) is 10.2. The molecule has 0 aliphatic rings. The summed E-state index contributed by atoms with van der Waals surface area (Å²) in [6.07, 6.45) is 0. The molecule has 10 aromatic rings. The number of hydrogen-bond donors (Lipinski definition) is 0. The Morgan fingerprint density at radius 3 is 1.88 bits per heavy atom. The molecule has 0 atom stereocenters. The summed E-state index contributed by atoms with van der Waals surface area (Å²) in [5.41, 5.74) is 10.6. The van der Waals surface area contributed by atoms with Crippen LogP contribution >= 0.6 is 11.3 Å². The van der Waals surface area contributed by atoms with Crippen LogP contribution in [0.15, 0.2) is 200 Å². The van der Waals surface area contributed by atoms with Crippen molar-refractivity contribution in [3.05, 3.63) is 200 Å². The van der Waals surface area contributed by atoms with Crippen LogP contribution < -0.4 is 4.90 Å². The molecule has 52 heavy (non-hydrogen) atoms. The fourth-order valence-corrected chi connectivity index (χ4v) is 8.93. The monoisotopic (exact) mass is 679 g/mol. The Hall–Kier alpha value is -6.48. The van der Waals surface area contributed by atoms with E-state index in [2.05, 4.69) is 205 Å². The Morgan fingerprint density at radius 1 is 0.327 bits per heavy atom. The van der Waals surface area contributed by atoms with Gasteiger partial charge < -0.3 is 4.90 Å². The van der Waals surface area contributed by atoms with Crippen molar-refractivity contribution in [3.8, 4) is 33.4 Å². The number of nitrogens with zero attached hydrogens (tertiary/aromatic N) is 1. The second-order valence-electron chi connectivity index (χ2n) is 13.3. The molecule has 0 amide bonds. The minimum atomic E-state index is 1.11. The van der Waals surface area contributed by atoms with Gasteiger partial charge in [-0.15, -0.1) is 11.3 Å². The van der Waals surface area contributed by atoms with E-state index >= 15 is 0 Å². The van der Waals surface area contributed by atoms with Gasteiger partial charge in [0.25, 0.3) is 0 Å². The van der Waals surface area contributed by atoms with Gasteiger partial charge in [-0.05, 0) is 91.8 Å². The van der Waals surface area contributed by atoms with Gasteiger partial charge in [0, 0.05) is 37.1 Å². The molecule has 0 radical (unpaired) electrons. The van der Waals surface area contributed by atoms with Crippen LogP contribution in [0.1, 0.15) is 0 Å². The molecular formula is C50H33NS. The van der Waals surface area contributed by atoms with Crippen molar-refractivity contribution < 1.29 is 0 Å². The molecule has 0 fully saturated rings. The molecule has 244 valence electrons. The summed E-state index contributed by atoms with van der Waals surface area (Å²) in [5, 5.41) is 7.53. The van der Waals surface area contributed by atoms with Crippen molar-refractivity contribution in [2.45, 2.75) is 0 Å². The largest absolute Gasteiger partial charge is 0.310 e. The normalized spacial score (nSPS) is 11.5. The van der Waals surface area contributed by atoms with Crippen LogP contribution in [0.25, 0.3) is 75.1 Å². The molecule has 0 N–H and O–H groups in total. The van der Waals surface area contributed by atoms with Gasteiger partial charge in [0.05, 0.1) is 5.69 Å². The Balaban J connectivity index is 1.28. The van der Waals surface area contributed by atoms with Gasteiger partial charge in [0.2, 0.25) is 0 Å². The molecule has 0 aliphatic heterocycles. The van der Waals surface area contributed by atoms with Crippen LogP contribution in [0.3, 0.4) is 0 Å². The van der Waals surface area contributed by atoms with Crippen molar-refractivity contribution in [2.75, 3.05) is 4.90 Å². The van der Waals surface area contributed by atoms with Crippen LogP contribution in [0.5, 0.6) is 0 Å². The maximum atomic E-state index is 2.47. The molecule has 0 unspecified atom stereocenters. The summed E-state index contributed by atoms with van der Waals surface area (Å²) < 4.78 is 2.59. The van der Waals surface area contributed by atoms with Gasteiger partial charge in [-0.2, -0.15) is 0 Å². The molecule has 1 aromatic heterocycles. The first kappa shape index (κ1) is 30.4. The fourth-order valence-electron chi connectivity index (χ4n) is 7.79. The molecule has 1 heterocycles. The highest BCUT2D eigenvalue weighted by Crippen LogP contribution is 2.49. The van der Waals surface area contributed by atoms with Crippen LogP contribution in [0.4, 0.5) is 17.1 Å². The molecule has 2 heteroatoms. The van der Waals surface area contributed by atoms with Gasteiger partial charge in [-0.1, -0.05) is 158 Å². The summed E-state index contributed by atoms with van der Waals surface area (Å²) in [6.45, 7) is 0. The van der Waals surface area contributed by atoms with Crippen LogP contribution in [-0.4, -0.2) is 0 Å². The Bertz CT molecular complexity index is 2910. The van der Waals surface area contributed by atoms with Crippen molar-refractivity contribution >= 4 is 70.1 Å². The highest BCUT2D eigenvalue weighted by atomic mass is 32.1. The van der Waals surface area contributed by atoms with Crippen LogP contribution in [0, 0.1) is 0 Å². The van der Waals surface area contributed by atoms with Crippen molar-refractivity contribution in [1.82, 2.24) is 0 Å². The minimum absolute atomic E-state index is 1.11. The second-order valence-corrected chi connectivity index (χ2v) is 14.4. The average Bonchev–Trinajstić information content (AvgIpc) is 3.59. The average molecular weight is 680 g/mol. The Kier molecular flexibility index (Phi) is 7.41. The smallest absolute Gasteiger partial charge is 0.0546 e. The number of fused-ring (bicyclic) bond motifs is 5. The molecule has 9 aromatic carbocycles. The fraction of sp³-hybridized carbons (Fsp3) is 0. The third kappa shape index (κ3) is 5.24. The quantitative estimate of drug-likeness (QED) is 0.169. The zero-order valence-corrected chi connectivity index (χ0v) is 29.2. The zero-order chi connectivity index (χ0) is 34.4. The first-order valence-corrected chi connectivity index (χ1v) is 18.6. The highest BCUT2D eigenvalue weighted by molar-refractivity contribution is 7.25. The van der Waals surface area contributed by atoms with E-state index < -0.39 is 0 Å². The van der Waals surface area contributed by atoms with Crippen molar-refractivity contribution in [2.24, 2.45) is 0 Å². The lowest BCUT2D eigenvalue weighted by molar-refractivity contribution is 1.29. The maximum Gasteiger partial charge on any atom is 0.0546 e. The van der Waals surface area contributed by atoms with Crippen LogP contribution in [-0.2, 0) is 0 Å². The molecule has 0 saturated heterocycles. The maximum absolute atomic E-state index is 2.47. The zero-order valence-electron chi connectivity index (χ0n) is 28.4. The van der Waals surface area contributed by atoms with Gasteiger partial charge in [-0.25, -0.2) is 0 Å². The standard InChI is InChI=1S/C50H33NS/c1-2-13-34(14-3-1)38-19-10-20-40(32-38)51(41-29-30-45-44-22-8-9-26-48(44)52-49(45)33-41)47-25-12-23-43(39-28-27-35-15-4-5-17-37(35)31-39)50(47)46-24-11-18-36-16-6-7-21-42(36)46/h1-33H. The topological polar surface area (TPSA) is 3.24 Å². The predicted octanol–water partition coefficient (Wildman–Crippen LogP) is 14.8. The van der Waals surface area contributed by atoms with Crippen molar-refractivity contribution in [3.63, 3.8) is 0 Å². The van der Waals surface area contributed by atoms with E-state index in [1.165, 1.54) is 75.1 Å². The summed E-state index contributed by atoms with van der Waals surface area (Å²) in [6, 6.07) is 73.2. The first-order chi connectivity index (χ1) is 25.8. The number of hydrogen-bond acceptors (Lipinski definition) is 2. The van der Waals surface area contributed by atoms with Gasteiger partial charge in [0.1, 0.15) is 0 Å². The predicted molar refractivity (Wildman–Crippen MR) is 225 cm³/mol. The summed E-state index contributed by atoms with van der Waals surface area (Å²) in [5.74, 6) is 0. The van der Waals surface area contributed by atoms with E-state index in [-0.39, 0.29) is 0 Å². The van der Waals surface area contributed by atoms with E-state index in [1.807, 2.05) is 11.3 Å². The first-order valence-electron chi connectivity index (χ1n) is 17.8. The number of anilines is 3. The lowest BCUT2D eigenvalue weighted by atomic mass is 9.88. The van der Waals surface area contributed by atoms with Gasteiger partial charge >= 0.3 is 0 Å². The molecule has 0 bridgehead atoms. The van der Waals surface area contributed by atoms with Crippen molar-refractivity contribution in [1.29, 1.82) is 0 Å². The summed E-state index contributed by atoms with van der Waals surface area (Å²) in [4.78, 5) is 2.47. The minimum Gasteiger partial charge on any atom is -0.310 e. The summed E-state index contributed by atoms with van der Waals surface area (Å²) in [7, 11) is 0. The second kappa shape index (κ2) is 12.7. The Labute approximate surface area is 307 Å². The number of rotatable bonds is 6. The molecule has 0 saturated carbocycles. The van der Waals surface area contributed by atoms with Gasteiger partial charge in [0.15, 0.2) is 0 Å². The number of thiophene rings is 1. The molecule has 0 aliphatic carbocycles. The van der Waals surface area contributed by atoms with E-state index in [1.54, 1.807) is 0 Å². The summed E-state index contributed by atoms with van der Waals surface area (Å²) >= 11 is 1.86. The third-order valence-corrected chi connectivity index (χ3v) is 11.4. The lowest BCUT2D eigenvalue weighted by Crippen LogP contribution is -2.12. The van der Waals surface area contributed by atoms with E-state index in [4.69, 9.17) is 0 Å². The van der Waals surface area contributed by atoms with Gasteiger partial charge in [-0.3, -0.25) is 0 Å². The molecule has 10 rings (SSSR count). The molecule has 0 spiro atoms. The lowest BCUT2D eigenvalue weighted by Gasteiger charge is -2.30. The van der Waals surface area contributed by atoms with E-state index in [0.29, 0.717) is 0 Å². The molecular weight excluding hydrogens is 647 g/mol. The van der Waals surface area contributed by atoms with Crippen LogP contribution in [0.2, 0.25) is 0 Å². The van der Waals surface area contributed by atoms with E-state index in [9.17, 15) is 0 Å². The Morgan fingerprint density at radius 2 is 0.981 bits per heavy atom. The SMILES string of the molecule is c1ccc(-c2cccc(N(c3ccc4c(c3)sc3ccccc34)c3cccc(-c4ccc5ccccc5c4)c3-c3cccc4ccccc34)c2)cc1. The highest BCUT2D eigenvalue weighted by Gasteiger charge is 2.23. The van der Waals surface area contributed by atoms with E-state index in [0.717, 1.165) is 17.1 Å².